The molecule has 152 valence electrons. The van der Waals surface area contributed by atoms with Crippen molar-refractivity contribution in [2.75, 3.05) is 34.2 Å². The largest absolute Gasteiger partial charge is 0.340 e. The highest BCUT2D eigenvalue weighted by atomic mass is 32.1. The molecule has 0 radical (unpaired) electrons. The minimum absolute atomic E-state index is 0.0473. The molecule has 0 bridgehead atoms. The van der Waals surface area contributed by atoms with Crippen molar-refractivity contribution in [2.24, 2.45) is 12.0 Å². The van der Waals surface area contributed by atoms with Gasteiger partial charge < -0.3 is 9.80 Å². The van der Waals surface area contributed by atoms with Crippen LogP contribution in [-0.4, -0.2) is 65.8 Å². The highest BCUT2D eigenvalue weighted by Gasteiger charge is 2.14. The third-order valence-corrected chi connectivity index (χ3v) is 6.24. The minimum atomic E-state index is 0.0473. The number of nitrogens with zero attached hydrogens (tertiary/aromatic N) is 5. The zero-order valence-electron chi connectivity index (χ0n) is 17.4. The lowest BCUT2D eigenvalue weighted by atomic mass is 9.96. The molecule has 0 saturated heterocycles. The van der Waals surface area contributed by atoms with Crippen LogP contribution in [0.25, 0.3) is 10.6 Å². The summed E-state index contributed by atoms with van der Waals surface area (Å²) in [6.45, 7) is 1.56. The Kier molecular flexibility index (Phi) is 7.02. The first-order valence-corrected chi connectivity index (χ1v) is 10.8. The number of rotatable bonds is 6. The van der Waals surface area contributed by atoms with Gasteiger partial charge in [0.05, 0.1) is 6.04 Å². The molecule has 7 heteroatoms. The van der Waals surface area contributed by atoms with Gasteiger partial charge in [0, 0.05) is 38.3 Å². The molecule has 1 amide bonds. The van der Waals surface area contributed by atoms with Gasteiger partial charge in [0.25, 0.3) is 5.91 Å². The molecule has 1 aromatic carbocycles. The van der Waals surface area contributed by atoms with Crippen molar-refractivity contribution in [3.05, 3.63) is 34.6 Å². The van der Waals surface area contributed by atoms with E-state index in [4.69, 9.17) is 4.99 Å². The van der Waals surface area contributed by atoms with Crippen molar-refractivity contribution >= 4 is 17.2 Å². The molecule has 0 unspecified atom stereocenters. The van der Waals surface area contributed by atoms with Gasteiger partial charge in [-0.2, -0.15) is 5.10 Å². The monoisotopic (exact) mass is 401 g/mol. The lowest BCUT2D eigenvalue weighted by molar-refractivity contribution is 0.0786. The predicted molar refractivity (Wildman–Crippen MR) is 114 cm³/mol. The zero-order chi connectivity index (χ0) is 20.1. The molecule has 1 fully saturated rings. The Morgan fingerprint density at radius 3 is 2.46 bits per heavy atom. The van der Waals surface area contributed by atoms with Gasteiger partial charge in [0.15, 0.2) is 0 Å². The predicted octanol–water partition coefficient (Wildman–Crippen LogP) is 3.02. The second-order valence-corrected chi connectivity index (χ2v) is 8.80. The van der Waals surface area contributed by atoms with Crippen LogP contribution in [0.2, 0.25) is 0 Å². The number of hydrogen-bond acceptors (Lipinski definition) is 5. The van der Waals surface area contributed by atoms with E-state index in [-0.39, 0.29) is 5.91 Å². The lowest BCUT2D eigenvalue weighted by Gasteiger charge is -2.19. The van der Waals surface area contributed by atoms with Crippen LogP contribution in [0, 0.1) is 0 Å². The standard InChI is InChI=1S/C21H31N5OS/c1-24(2)14-15-25(3)20(27)17-12-10-16(11-13-17)19-23-26(4)21(28-19)22-18-8-6-5-7-9-18/h10-13,18H,5-9,14-15H2,1-4H3. The molecular weight excluding hydrogens is 370 g/mol. The second kappa shape index (κ2) is 9.47. The van der Waals surface area contributed by atoms with E-state index in [9.17, 15) is 4.79 Å². The highest BCUT2D eigenvalue weighted by molar-refractivity contribution is 7.12. The number of carbonyl (C=O) groups excluding carboxylic acids is 1. The molecule has 2 aromatic rings. The van der Waals surface area contributed by atoms with E-state index >= 15 is 0 Å². The summed E-state index contributed by atoms with van der Waals surface area (Å²) in [5, 5.41) is 5.59. The van der Waals surface area contributed by atoms with E-state index in [2.05, 4.69) is 10.00 Å². The van der Waals surface area contributed by atoms with Gasteiger partial charge in [0.2, 0.25) is 4.80 Å². The Morgan fingerprint density at radius 2 is 1.82 bits per heavy atom. The Labute approximate surface area is 171 Å². The van der Waals surface area contributed by atoms with Crippen molar-refractivity contribution in [1.82, 2.24) is 19.6 Å². The molecule has 0 N–H and O–H groups in total. The summed E-state index contributed by atoms with van der Waals surface area (Å²) in [6, 6.07) is 8.18. The van der Waals surface area contributed by atoms with E-state index < -0.39 is 0 Å². The number of likely N-dealkylation sites (N-methyl/N-ethyl adjacent to an activating group) is 2. The van der Waals surface area contributed by atoms with Crippen LogP contribution in [0.3, 0.4) is 0 Å². The third-order valence-electron chi connectivity index (χ3n) is 5.18. The van der Waals surface area contributed by atoms with E-state index in [1.54, 1.807) is 16.2 Å². The van der Waals surface area contributed by atoms with Gasteiger partial charge in [-0.25, -0.2) is 4.68 Å². The summed E-state index contributed by atoms with van der Waals surface area (Å²) in [5.74, 6) is 0.0473. The summed E-state index contributed by atoms with van der Waals surface area (Å²) in [6.07, 6.45) is 6.27. The maximum Gasteiger partial charge on any atom is 0.253 e. The maximum atomic E-state index is 12.6. The van der Waals surface area contributed by atoms with Crippen molar-refractivity contribution in [2.45, 2.75) is 38.1 Å². The lowest BCUT2D eigenvalue weighted by Crippen LogP contribution is -2.33. The Balaban J connectivity index is 1.72. The summed E-state index contributed by atoms with van der Waals surface area (Å²) < 4.78 is 1.88. The molecule has 6 nitrogen and oxygen atoms in total. The first kappa shape index (κ1) is 20.7. The fraction of sp³-hybridized carbons (Fsp3) is 0.571. The minimum Gasteiger partial charge on any atom is -0.340 e. The first-order chi connectivity index (χ1) is 13.4. The summed E-state index contributed by atoms with van der Waals surface area (Å²) in [4.78, 5) is 22.3. The fourth-order valence-corrected chi connectivity index (χ4v) is 4.34. The average Bonchev–Trinajstić information content (AvgIpc) is 3.06. The molecule has 3 rings (SSSR count). The Hall–Kier alpha value is -1.99. The Bertz CT molecular complexity index is 846. The summed E-state index contributed by atoms with van der Waals surface area (Å²) in [7, 11) is 7.82. The van der Waals surface area contributed by atoms with E-state index in [0.29, 0.717) is 18.2 Å². The topological polar surface area (TPSA) is 53.7 Å². The van der Waals surface area contributed by atoms with E-state index in [0.717, 1.165) is 21.9 Å². The number of aromatic nitrogens is 2. The van der Waals surface area contributed by atoms with Crippen molar-refractivity contribution < 1.29 is 4.79 Å². The van der Waals surface area contributed by atoms with Crippen molar-refractivity contribution in [1.29, 1.82) is 0 Å². The van der Waals surface area contributed by atoms with Crippen LogP contribution in [0.5, 0.6) is 0 Å². The number of carbonyl (C=O) groups is 1. The average molecular weight is 402 g/mol. The summed E-state index contributed by atoms with van der Waals surface area (Å²) in [5.41, 5.74) is 1.73. The van der Waals surface area contributed by atoms with Gasteiger partial charge in [-0.3, -0.25) is 9.79 Å². The van der Waals surface area contributed by atoms with Gasteiger partial charge in [0.1, 0.15) is 5.01 Å². The maximum absolute atomic E-state index is 12.6. The smallest absolute Gasteiger partial charge is 0.253 e. The van der Waals surface area contributed by atoms with Crippen LogP contribution in [0.4, 0.5) is 0 Å². The molecule has 1 aliphatic carbocycles. The van der Waals surface area contributed by atoms with Crippen LogP contribution in [0.15, 0.2) is 29.3 Å². The second-order valence-electron chi connectivity index (χ2n) is 7.84. The number of hydrogen-bond donors (Lipinski definition) is 0. The number of benzene rings is 1. The molecule has 1 heterocycles. The fourth-order valence-electron chi connectivity index (χ4n) is 3.37. The molecular formula is C21H31N5OS. The quantitative estimate of drug-likeness (QED) is 0.748. The first-order valence-electron chi connectivity index (χ1n) is 10.0. The molecule has 28 heavy (non-hydrogen) atoms. The van der Waals surface area contributed by atoms with Gasteiger partial charge in [-0.15, -0.1) is 0 Å². The van der Waals surface area contributed by atoms with Gasteiger partial charge in [-0.05, 0) is 39.1 Å². The molecule has 0 spiro atoms. The number of aryl methyl sites for hydroxylation is 1. The van der Waals surface area contributed by atoms with Crippen LogP contribution in [-0.2, 0) is 7.05 Å². The van der Waals surface area contributed by atoms with Crippen LogP contribution in [0.1, 0.15) is 42.5 Å². The van der Waals surface area contributed by atoms with E-state index in [1.165, 1.54) is 32.1 Å². The van der Waals surface area contributed by atoms with Crippen LogP contribution < -0.4 is 4.80 Å². The highest BCUT2D eigenvalue weighted by Crippen LogP contribution is 2.22. The molecule has 0 atom stereocenters. The molecule has 0 aliphatic heterocycles. The van der Waals surface area contributed by atoms with E-state index in [1.807, 2.05) is 57.1 Å². The SMILES string of the molecule is CN(C)CCN(C)C(=O)c1ccc(-c2nn(C)c(=NC3CCCCC3)s2)cc1. The van der Waals surface area contributed by atoms with Crippen molar-refractivity contribution in [3.63, 3.8) is 0 Å². The molecule has 1 saturated carbocycles. The summed E-state index contributed by atoms with van der Waals surface area (Å²) >= 11 is 1.62. The molecule has 1 aliphatic rings. The normalized spacial score (nSPS) is 16.0. The number of amides is 1. The van der Waals surface area contributed by atoms with Gasteiger partial charge in [-0.1, -0.05) is 42.7 Å². The molecule has 1 aromatic heterocycles. The van der Waals surface area contributed by atoms with Crippen molar-refractivity contribution in [3.8, 4) is 10.6 Å². The third kappa shape index (κ3) is 5.29. The van der Waals surface area contributed by atoms with Gasteiger partial charge >= 0.3 is 0 Å². The van der Waals surface area contributed by atoms with Crippen LogP contribution >= 0.6 is 11.3 Å². The zero-order valence-corrected chi connectivity index (χ0v) is 18.2. The Morgan fingerprint density at radius 1 is 1.14 bits per heavy atom.